The summed E-state index contributed by atoms with van der Waals surface area (Å²) >= 11 is 0. The summed E-state index contributed by atoms with van der Waals surface area (Å²) < 4.78 is 0. The Kier molecular flexibility index (Phi) is 4.98. The van der Waals surface area contributed by atoms with Crippen molar-refractivity contribution in [2.75, 3.05) is 26.2 Å². The van der Waals surface area contributed by atoms with Crippen LogP contribution in [0.25, 0.3) is 0 Å². The van der Waals surface area contributed by atoms with Crippen molar-refractivity contribution >= 4 is 5.84 Å². The third-order valence-electron chi connectivity index (χ3n) is 3.90. The molecular weight excluding hydrogens is 252 g/mol. The molecule has 0 unspecified atom stereocenters. The van der Waals surface area contributed by atoms with Crippen LogP contribution in [0.5, 0.6) is 0 Å². The number of nitrogens with two attached hydrogens (primary N) is 1. The molecule has 1 aliphatic rings. The number of piperazine rings is 1. The Labute approximate surface area is 120 Å². The van der Waals surface area contributed by atoms with E-state index in [4.69, 9.17) is 10.9 Å². The topological polar surface area (TPSA) is 65.1 Å². The Morgan fingerprint density at radius 2 is 1.80 bits per heavy atom. The zero-order chi connectivity index (χ0) is 14.5. The van der Waals surface area contributed by atoms with Gasteiger partial charge in [-0.3, -0.25) is 9.80 Å². The highest BCUT2D eigenvalue weighted by atomic mass is 16.4. The molecule has 5 heteroatoms. The molecule has 1 saturated heterocycles. The van der Waals surface area contributed by atoms with Gasteiger partial charge < -0.3 is 10.9 Å². The van der Waals surface area contributed by atoms with E-state index in [-0.39, 0.29) is 5.84 Å². The summed E-state index contributed by atoms with van der Waals surface area (Å²) in [4.78, 5) is 4.98. The summed E-state index contributed by atoms with van der Waals surface area (Å²) in [6.07, 6.45) is 0. The third kappa shape index (κ3) is 3.71. The second kappa shape index (κ2) is 6.72. The van der Waals surface area contributed by atoms with E-state index in [1.165, 1.54) is 5.56 Å². The van der Waals surface area contributed by atoms with E-state index in [0.29, 0.717) is 6.04 Å². The van der Waals surface area contributed by atoms with Crippen molar-refractivity contribution < 1.29 is 5.21 Å². The molecule has 3 N–H and O–H groups in total. The first-order valence-electron chi connectivity index (χ1n) is 7.13. The van der Waals surface area contributed by atoms with E-state index in [0.717, 1.165) is 38.3 Å². The minimum absolute atomic E-state index is 0.155. The van der Waals surface area contributed by atoms with Crippen LogP contribution < -0.4 is 5.73 Å². The SMILES string of the molecule is CC(C)N1CCN(Cc2ccc(/C(N)=N/O)cc2)CC1. The summed E-state index contributed by atoms with van der Waals surface area (Å²) in [7, 11) is 0. The first-order chi connectivity index (χ1) is 9.60. The van der Waals surface area contributed by atoms with Crippen molar-refractivity contribution in [3.05, 3.63) is 35.4 Å². The molecule has 0 bridgehead atoms. The maximum Gasteiger partial charge on any atom is 0.170 e. The molecule has 20 heavy (non-hydrogen) atoms. The molecule has 1 fully saturated rings. The summed E-state index contributed by atoms with van der Waals surface area (Å²) in [6.45, 7) is 9.96. The molecule has 0 saturated carbocycles. The van der Waals surface area contributed by atoms with Crippen molar-refractivity contribution in [3.8, 4) is 0 Å². The summed E-state index contributed by atoms with van der Waals surface area (Å²) in [5.74, 6) is 0.155. The molecule has 1 aromatic rings. The highest BCUT2D eigenvalue weighted by Crippen LogP contribution is 2.11. The molecule has 0 spiro atoms. The number of hydrogen-bond acceptors (Lipinski definition) is 4. The van der Waals surface area contributed by atoms with Crippen molar-refractivity contribution in [2.24, 2.45) is 10.9 Å². The third-order valence-corrected chi connectivity index (χ3v) is 3.90. The van der Waals surface area contributed by atoms with Gasteiger partial charge in [0.15, 0.2) is 5.84 Å². The Morgan fingerprint density at radius 3 is 2.30 bits per heavy atom. The fourth-order valence-electron chi connectivity index (χ4n) is 2.53. The van der Waals surface area contributed by atoms with Crippen molar-refractivity contribution in [1.29, 1.82) is 0 Å². The summed E-state index contributed by atoms with van der Waals surface area (Å²) in [5, 5.41) is 11.6. The van der Waals surface area contributed by atoms with Crippen molar-refractivity contribution in [3.63, 3.8) is 0 Å². The lowest BCUT2D eigenvalue weighted by atomic mass is 10.1. The standard InChI is InChI=1S/C15H24N4O/c1-12(2)19-9-7-18(8-10-19)11-13-3-5-14(6-4-13)15(16)17-20/h3-6,12,20H,7-11H2,1-2H3,(H2,16,17). The zero-order valence-electron chi connectivity index (χ0n) is 12.3. The van der Waals surface area contributed by atoms with Gasteiger partial charge >= 0.3 is 0 Å². The van der Waals surface area contributed by atoms with Gasteiger partial charge in [0.25, 0.3) is 0 Å². The molecule has 0 amide bonds. The monoisotopic (exact) mass is 276 g/mol. The van der Waals surface area contributed by atoms with Gasteiger partial charge in [0.1, 0.15) is 0 Å². The largest absolute Gasteiger partial charge is 0.409 e. The summed E-state index contributed by atoms with van der Waals surface area (Å²) in [6, 6.07) is 8.52. The molecule has 1 heterocycles. The van der Waals surface area contributed by atoms with Gasteiger partial charge in [-0.15, -0.1) is 0 Å². The molecule has 2 rings (SSSR count). The highest BCUT2D eigenvalue weighted by Gasteiger charge is 2.18. The minimum atomic E-state index is 0.155. The van der Waals surface area contributed by atoms with E-state index in [1.54, 1.807) is 0 Å². The highest BCUT2D eigenvalue weighted by molar-refractivity contribution is 5.96. The number of amidine groups is 1. The van der Waals surface area contributed by atoms with Crippen LogP contribution in [-0.2, 0) is 6.54 Å². The van der Waals surface area contributed by atoms with Crippen LogP contribution in [-0.4, -0.2) is 53.1 Å². The van der Waals surface area contributed by atoms with Crippen molar-refractivity contribution in [1.82, 2.24) is 9.80 Å². The molecule has 0 radical (unpaired) electrons. The Bertz CT molecular complexity index is 447. The lowest BCUT2D eigenvalue weighted by molar-refractivity contribution is 0.104. The molecule has 1 aliphatic heterocycles. The average molecular weight is 276 g/mol. The number of hydrogen-bond donors (Lipinski definition) is 2. The number of benzene rings is 1. The maximum absolute atomic E-state index is 8.64. The van der Waals surface area contributed by atoms with Crippen molar-refractivity contribution in [2.45, 2.75) is 26.4 Å². The van der Waals surface area contributed by atoms with E-state index in [1.807, 2.05) is 24.3 Å². The molecule has 110 valence electrons. The number of nitrogens with zero attached hydrogens (tertiary/aromatic N) is 3. The lowest BCUT2D eigenvalue weighted by Gasteiger charge is -2.36. The second-order valence-corrected chi connectivity index (χ2v) is 5.59. The smallest absolute Gasteiger partial charge is 0.170 e. The quantitative estimate of drug-likeness (QED) is 0.377. The van der Waals surface area contributed by atoms with E-state index in [9.17, 15) is 0 Å². The Balaban J connectivity index is 1.88. The summed E-state index contributed by atoms with van der Waals surface area (Å²) in [5.41, 5.74) is 7.57. The second-order valence-electron chi connectivity index (χ2n) is 5.59. The molecule has 0 aromatic heterocycles. The van der Waals surface area contributed by atoms with E-state index in [2.05, 4.69) is 28.8 Å². The molecule has 5 nitrogen and oxygen atoms in total. The fraction of sp³-hybridized carbons (Fsp3) is 0.533. The first kappa shape index (κ1) is 14.8. The van der Waals surface area contributed by atoms with E-state index >= 15 is 0 Å². The van der Waals surface area contributed by atoms with Gasteiger partial charge in [-0.25, -0.2) is 0 Å². The predicted molar refractivity (Wildman–Crippen MR) is 80.9 cm³/mol. The van der Waals surface area contributed by atoms with Crippen LogP contribution in [0.15, 0.2) is 29.4 Å². The molecule has 0 aliphatic carbocycles. The van der Waals surface area contributed by atoms with Gasteiger partial charge in [0, 0.05) is 44.3 Å². The van der Waals surface area contributed by atoms with Gasteiger partial charge in [-0.2, -0.15) is 0 Å². The van der Waals surface area contributed by atoms with Crippen LogP contribution in [0.2, 0.25) is 0 Å². The predicted octanol–water partition coefficient (Wildman–Crippen LogP) is 1.31. The van der Waals surface area contributed by atoms with Crippen LogP contribution in [0.3, 0.4) is 0 Å². The van der Waals surface area contributed by atoms with E-state index < -0.39 is 0 Å². The Morgan fingerprint density at radius 1 is 1.20 bits per heavy atom. The number of rotatable bonds is 4. The average Bonchev–Trinajstić information content (AvgIpc) is 2.48. The number of oxime groups is 1. The van der Waals surface area contributed by atoms with Gasteiger partial charge in [-0.1, -0.05) is 29.4 Å². The van der Waals surface area contributed by atoms with Gasteiger partial charge in [0.05, 0.1) is 0 Å². The van der Waals surface area contributed by atoms with Gasteiger partial charge in [-0.05, 0) is 19.4 Å². The molecular formula is C15H24N4O. The maximum atomic E-state index is 8.64. The van der Waals surface area contributed by atoms with Gasteiger partial charge in [0.2, 0.25) is 0 Å². The van der Waals surface area contributed by atoms with Crippen LogP contribution in [0.4, 0.5) is 0 Å². The fourth-order valence-corrected chi connectivity index (χ4v) is 2.53. The molecule has 0 atom stereocenters. The first-order valence-corrected chi connectivity index (χ1v) is 7.13. The van der Waals surface area contributed by atoms with Crippen LogP contribution in [0.1, 0.15) is 25.0 Å². The molecule has 1 aromatic carbocycles. The minimum Gasteiger partial charge on any atom is -0.409 e. The van der Waals surface area contributed by atoms with Crippen LogP contribution >= 0.6 is 0 Å². The zero-order valence-corrected chi connectivity index (χ0v) is 12.3. The lowest BCUT2D eigenvalue weighted by Crippen LogP contribution is -2.48. The normalized spacial score (nSPS) is 18.6. The Hall–Kier alpha value is -1.59. The van der Waals surface area contributed by atoms with Crippen LogP contribution in [0, 0.1) is 0 Å².